The van der Waals surface area contributed by atoms with Gasteiger partial charge in [0.05, 0.1) is 11.5 Å². The number of nitrogens with zero attached hydrogens (tertiary/aromatic N) is 1. The SMILES string of the molecule is CC1(C)O[C@@H]2[C@@H](O1)[C@@H](C(=O)NCC(=O)Nc1ccc([N+](=O)[O-])cc1)O[C@H]1OC(C)(C)O[C@@H]12. The van der Waals surface area contributed by atoms with E-state index in [1.165, 1.54) is 24.3 Å². The lowest BCUT2D eigenvalue weighted by atomic mass is 9.98. The van der Waals surface area contributed by atoms with Crippen LogP contribution in [0.3, 0.4) is 0 Å². The molecule has 12 heteroatoms. The molecule has 3 aliphatic rings. The summed E-state index contributed by atoms with van der Waals surface area (Å²) in [6.45, 7) is 6.60. The summed E-state index contributed by atoms with van der Waals surface area (Å²) in [5.41, 5.74) is 0.265. The van der Waals surface area contributed by atoms with E-state index in [0.29, 0.717) is 5.69 Å². The zero-order valence-electron chi connectivity index (χ0n) is 18.0. The molecule has 1 aromatic carbocycles. The van der Waals surface area contributed by atoms with Crippen LogP contribution in [0, 0.1) is 10.1 Å². The number of nitrogens with one attached hydrogen (secondary N) is 2. The van der Waals surface area contributed by atoms with E-state index < -0.39 is 59.0 Å². The third kappa shape index (κ3) is 4.59. The summed E-state index contributed by atoms with van der Waals surface area (Å²) in [6, 6.07) is 5.34. The van der Waals surface area contributed by atoms with E-state index in [1.807, 2.05) is 0 Å². The minimum Gasteiger partial charge on any atom is -0.345 e. The summed E-state index contributed by atoms with van der Waals surface area (Å²) in [5.74, 6) is -2.93. The van der Waals surface area contributed by atoms with Crippen LogP contribution in [0.5, 0.6) is 0 Å². The summed E-state index contributed by atoms with van der Waals surface area (Å²) in [5, 5.41) is 15.8. The van der Waals surface area contributed by atoms with Crippen LogP contribution in [0.4, 0.5) is 11.4 Å². The van der Waals surface area contributed by atoms with Crippen molar-refractivity contribution in [3.8, 4) is 0 Å². The summed E-state index contributed by atoms with van der Waals surface area (Å²) in [4.78, 5) is 35.2. The van der Waals surface area contributed by atoms with E-state index in [0.717, 1.165) is 0 Å². The van der Waals surface area contributed by atoms with Crippen LogP contribution >= 0.6 is 0 Å². The van der Waals surface area contributed by atoms with Crippen molar-refractivity contribution in [2.45, 2.75) is 70.0 Å². The number of nitro benzene ring substituents is 1. The topological polar surface area (TPSA) is 147 Å². The van der Waals surface area contributed by atoms with Crippen LogP contribution in [0.15, 0.2) is 24.3 Å². The van der Waals surface area contributed by atoms with Crippen LogP contribution in [-0.4, -0.2) is 65.6 Å². The number of ether oxygens (including phenoxy) is 5. The lowest BCUT2D eigenvalue weighted by Crippen LogP contribution is -2.59. The van der Waals surface area contributed by atoms with Gasteiger partial charge in [-0.25, -0.2) is 0 Å². The molecule has 3 heterocycles. The molecular weight excluding hydrogens is 426 g/mol. The number of fused-ring (bicyclic) bond motifs is 3. The highest BCUT2D eigenvalue weighted by Gasteiger charge is 2.62. The highest BCUT2D eigenvalue weighted by Crippen LogP contribution is 2.44. The molecule has 2 amide bonds. The normalized spacial score (nSPS) is 31.9. The molecule has 0 spiro atoms. The second-order valence-electron chi connectivity index (χ2n) is 8.66. The van der Waals surface area contributed by atoms with E-state index in [-0.39, 0.29) is 12.2 Å². The lowest BCUT2D eigenvalue weighted by Gasteiger charge is -2.36. The van der Waals surface area contributed by atoms with Gasteiger partial charge in [0.2, 0.25) is 5.91 Å². The molecule has 174 valence electrons. The summed E-state index contributed by atoms with van der Waals surface area (Å²) < 4.78 is 29.3. The van der Waals surface area contributed by atoms with Crippen LogP contribution in [-0.2, 0) is 33.3 Å². The standard InChI is InChI=1S/C20H25N3O9/c1-19(2)29-13-14(30-19)16-18(32-20(3,4)31-16)28-15(13)17(25)21-9-12(24)22-10-5-7-11(8-6-10)23(26)27/h5-8,13-16,18H,9H2,1-4H3,(H,21,25)(H,22,24)/t13-,14-,15+,16-,18+/m1/s1. The van der Waals surface area contributed by atoms with Crippen molar-refractivity contribution in [2.75, 3.05) is 11.9 Å². The maximum Gasteiger partial charge on any atom is 0.269 e. The van der Waals surface area contributed by atoms with Gasteiger partial charge in [0.25, 0.3) is 11.6 Å². The first kappa shape index (κ1) is 22.6. The molecule has 2 N–H and O–H groups in total. The number of amides is 2. The fraction of sp³-hybridized carbons (Fsp3) is 0.600. The fourth-order valence-electron chi connectivity index (χ4n) is 3.96. The monoisotopic (exact) mass is 451 g/mol. The Morgan fingerprint density at radius 2 is 1.56 bits per heavy atom. The Bertz CT molecular complexity index is 917. The van der Waals surface area contributed by atoms with Gasteiger partial charge < -0.3 is 34.3 Å². The molecular formula is C20H25N3O9. The molecule has 0 unspecified atom stereocenters. The van der Waals surface area contributed by atoms with E-state index in [9.17, 15) is 19.7 Å². The average Bonchev–Trinajstić information content (AvgIpc) is 3.19. The first-order valence-electron chi connectivity index (χ1n) is 10.1. The minimum atomic E-state index is -1.08. The zero-order valence-corrected chi connectivity index (χ0v) is 18.0. The molecule has 1 aromatic rings. The number of carbonyl (C=O) groups excluding carboxylic acids is 2. The molecule has 12 nitrogen and oxygen atoms in total. The minimum absolute atomic E-state index is 0.0957. The number of nitro groups is 1. The Kier molecular flexibility index (Phi) is 5.67. The van der Waals surface area contributed by atoms with E-state index in [1.54, 1.807) is 27.7 Å². The van der Waals surface area contributed by atoms with Gasteiger partial charge in [0.15, 0.2) is 24.0 Å². The van der Waals surface area contributed by atoms with Gasteiger partial charge in [-0.3, -0.25) is 19.7 Å². The Hall–Kier alpha value is -2.64. The quantitative estimate of drug-likeness (QED) is 0.495. The maximum atomic E-state index is 12.9. The van der Waals surface area contributed by atoms with Crippen LogP contribution in [0.25, 0.3) is 0 Å². The Morgan fingerprint density at radius 1 is 0.969 bits per heavy atom. The average molecular weight is 451 g/mol. The van der Waals surface area contributed by atoms with Gasteiger partial charge in [0.1, 0.15) is 18.3 Å². The van der Waals surface area contributed by atoms with Crippen molar-refractivity contribution in [2.24, 2.45) is 0 Å². The highest BCUT2D eigenvalue weighted by atomic mass is 16.9. The molecule has 0 radical (unpaired) electrons. The zero-order chi connectivity index (χ0) is 23.3. The van der Waals surface area contributed by atoms with Crippen LogP contribution in [0.2, 0.25) is 0 Å². The number of non-ortho nitro benzene ring substituents is 1. The van der Waals surface area contributed by atoms with Crippen molar-refractivity contribution < 1.29 is 38.2 Å². The third-order valence-corrected chi connectivity index (χ3v) is 5.20. The van der Waals surface area contributed by atoms with E-state index >= 15 is 0 Å². The van der Waals surface area contributed by atoms with Crippen molar-refractivity contribution in [1.29, 1.82) is 0 Å². The smallest absolute Gasteiger partial charge is 0.269 e. The molecule has 0 saturated carbocycles. The predicted molar refractivity (Wildman–Crippen MR) is 107 cm³/mol. The van der Waals surface area contributed by atoms with Crippen LogP contribution in [0.1, 0.15) is 27.7 Å². The van der Waals surface area contributed by atoms with Crippen molar-refractivity contribution in [3.63, 3.8) is 0 Å². The lowest BCUT2D eigenvalue weighted by molar-refractivity contribution is -0.384. The van der Waals surface area contributed by atoms with Crippen LogP contribution < -0.4 is 10.6 Å². The number of anilines is 1. The van der Waals surface area contributed by atoms with E-state index in [2.05, 4.69) is 10.6 Å². The number of hydrogen-bond acceptors (Lipinski definition) is 9. The summed E-state index contributed by atoms with van der Waals surface area (Å²) in [6.07, 6.45) is -3.80. The van der Waals surface area contributed by atoms with E-state index in [4.69, 9.17) is 23.7 Å². The molecule has 3 aliphatic heterocycles. The Balaban J connectivity index is 1.38. The summed E-state index contributed by atoms with van der Waals surface area (Å²) >= 11 is 0. The second-order valence-corrected chi connectivity index (χ2v) is 8.66. The molecule has 4 rings (SSSR count). The highest BCUT2D eigenvalue weighted by molar-refractivity contribution is 5.95. The van der Waals surface area contributed by atoms with Gasteiger partial charge in [-0.15, -0.1) is 0 Å². The predicted octanol–water partition coefficient (Wildman–Crippen LogP) is 1.05. The van der Waals surface area contributed by atoms with Gasteiger partial charge in [0, 0.05) is 17.8 Å². The molecule has 0 aliphatic carbocycles. The first-order chi connectivity index (χ1) is 14.9. The first-order valence-corrected chi connectivity index (χ1v) is 10.1. The number of carbonyl (C=O) groups is 2. The van der Waals surface area contributed by atoms with Gasteiger partial charge in [-0.05, 0) is 39.8 Å². The fourth-order valence-corrected chi connectivity index (χ4v) is 3.96. The van der Waals surface area contributed by atoms with Gasteiger partial charge in [-0.2, -0.15) is 0 Å². The second kappa shape index (κ2) is 8.05. The number of hydrogen-bond donors (Lipinski definition) is 2. The Morgan fingerprint density at radius 3 is 2.22 bits per heavy atom. The summed E-state index contributed by atoms with van der Waals surface area (Å²) in [7, 11) is 0. The van der Waals surface area contributed by atoms with Gasteiger partial charge >= 0.3 is 0 Å². The maximum absolute atomic E-state index is 12.9. The molecule has 0 aromatic heterocycles. The van der Waals surface area contributed by atoms with Crippen molar-refractivity contribution in [3.05, 3.63) is 34.4 Å². The molecule has 5 atom stereocenters. The molecule has 3 fully saturated rings. The molecule has 3 saturated heterocycles. The van der Waals surface area contributed by atoms with Crippen molar-refractivity contribution >= 4 is 23.2 Å². The Labute approximate surface area is 183 Å². The molecule has 0 bridgehead atoms. The molecule has 32 heavy (non-hydrogen) atoms. The van der Waals surface area contributed by atoms with Crippen molar-refractivity contribution in [1.82, 2.24) is 5.32 Å². The largest absolute Gasteiger partial charge is 0.345 e. The number of rotatable bonds is 5. The third-order valence-electron chi connectivity index (χ3n) is 5.20. The number of benzene rings is 1. The van der Waals surface area contributed by atoms with Gasteiger partial charge in [-0.1, -0.05) is 0 Å².